The number of rotatable bonds is 5. The molecule has 2 heterocycles. The van der Waals surface area contributed by atoms with Crippen molar-refractivity contribution in [1.29, 1.82) is 0 Å². The molecule has 0 saturated heterocycles. The SMILES string of the molecule is Cc1cc(C)n(COc2cccc(C=CC3=NCCN(C)c4ccccc43)c2)n1.Cl.Cl. The molecule has 0 amide bonds. The Morgan fingerprint density at radius 1 is 1.00 bits per heavy atom. The number of fused-ring (bicyclic) bond motifs is 1. The van der Waals surface area contributed by atoms with Gasteiger partial charge >= 0.3 is 0 Å². The molecule has 0 aliphatic carbocycles. The molecule has 0 spiro atoms. The average molecular weight is 459 g/mol. The number of likely N-dealkylation sites (N-methyl/N-ethyl adjacent to an activating group) is 1. The van der Waals surface area contributed by atoms with Gasteiger partial charge in [-0.15, -0.1) is 24.8 Å². The molecule has 3 aromatic rings. The first-order chi connectivity index (χ1) is 14.1. The maximum absolute atomic E-state index is 5.94. The van der Waals surface area contributed by atoms with Gasteiger partial charge in [-0.05, 0) is 49.8 Å². The van der Waals surface area contributed by atoms with Crippen LogP contribution in [0.3, 0.4) is 0 Å². The molecule has 4 rings (SSSR count). The standard InChI is InChI=1S/C24H26N4O.2ClH/c1-18-15-19(2)28(26-18)17-29-21-8-6-7-20(16-21)11-12-23-22-9-4-5-10-24(22)27(3)14-13-25-23;;/h4-12,15-16H,13-14,17H2,1-3H3;2*1H. The summed E-state index contributed by atoms with van der Waals surface area (Å²) >= 11 is 0. The van der Waals surface area contributed by atoms with Gasteiger partial charge < -0.3 is 9.64 Å². The van der Waals surface area contributed by atoms with Gasteiger partial charge in [0.25, 0.3) is 0 Å². The number of allylic oxidation sites excluding steroid dienone is 1. The number of para-hydroxylation sites is 1. The molecule has 0 bridgehead atoms. The maximum atomic E-state index is 5.94. The van der Waals surface area contributed by atoms with E-state index in [1.807, 2.05) is 42.8 Å². The number of benzene rings is 2. The molecule has 2 aromatic carbocycles. The molecule has 0 radical (unpaired) electrons. The van der Waals surface area contributed by atoms with E-state index in [4.69, 9.17) is 9.73 Å². The Balaban J connectivity index is 0.00000171. The van der Waals surface area contributed by atoms with E-state index in [2.05, 4.69) is 59.5 Å². The normalized spacial score (nSPS) is 13.0. The summed E-state index contributed by atoms with van der Waals surface area (Å²) < 4.78 is 7.81. The minimum atomic E-state index is 0. The van der Waals surface area contributed by atoms with Gasteiger partial charge in [-0.3, -0.25) is 4.99 Å². The highest BCUT2D eigenvalue weighted by molar-refractivity contribution is 6.14. The van der Waals surface area contributed by atoms with Crippen molar-refractivity contribution < 1.29 is 4.74 Å². The second-order valence-corrected chi connectivity index (χ2v) is 7.31. The predicted molar refractivity (Wildman–Crippen MR) is 133 cm³/mol. The molecule has 0 atom stereocenters. The largest absolute Gasteiger partial charge is 0.471 e. The highest BCUT2D eigenvalue weighted by Crippen LogP contribution is 2.23. The fourth-order valence-electron chi connectivity index (χ4n) is 3.52. The highest BCUT2D eigenvalue weighted by Gasteiger charge is 2.13. The minimum Gasteiger partial charge on any atom is -0.471 e. The second-order valence-electron chi connectivity index (χ2n) is 7.31. The van der Waals surface area contributed by atoms with Crippen molar-refractivity contribution in [2.24, 2.45) is 4.99 Å². The van der Waals surface area contributed by atoms with E-state index < -0.39 is 0 Å². The van der Waals surface area contributed by atoms with Gasteiger partial charge in [0.2, 0.25) is 0 Å². The van der Waals surface area contributed by atoms with E-state index in [1.165, 1.54) is 11.3 Å². The van der Waals surface area contributed by atoms with Crippen molar-refractivity contribution in [3.8, 4) is 5.75 Å². The van der Waals surface area contributed by atoms with E-state index in [-0.39, 0.29) is 24.8 Å². The van der Waals surface area contributed by atoms with Crippen LogP contribution in [0.1, 0.15) is 22.5 Å². The first-order valence-electron chi connectivity index (χ1n) is 9.87. The Labute approximate surface area is 196 Å². The number of anilines is 1. The lowest BCUT2D eigenvalue weighted by molar-refractivity contribution is 0.218. The van der Waals surface area contributed by atoms with Crippen LogP contribution in [-0.4, -0.2) is 35.6 Å². The Morgan fingerprint density at radius 3 is 2.58 bits per heavy atom. The van der Waals surface area contributed by atoms with Crippen molar-refractivity contribution in [2.75, 3.05) is 25.0 Å². The molecule has 7 heteroatoms. The average Bonchev–Trinajstić information content (AvgIpc) is 2.96. The van der Waals surface area contributed by atoms with Crippen LogP contribution in [-0.2, 0) is 6.73 Å². The van der Waals surface area contributed by atoms with Gasteiger partial charge in [-0.25, -0.2) is 4.68 Å². The van der Waals surface area contributed by atoms with Crippen LogP contribution in [0.15, 0.2) is 65.7 Å². The van der Waals surface area contributed by atoms with E-state index in [9.17, 15) is 0 Å². The zero-order chi connectivity index (χ0) is 20.2. The van der Waals surface area contributed by atoms with E-state index in [0.29, 0.717) is 6.73 Å². The molecule has 5 nitrogen and oxygen atoms in total. The summed E-state index contributed by atoms with van der Waals surface area (Å²) in [7, 11) is 2.12. The number of ether oxygens (including phenoxy) is 1. The molecule has 0 unspecified atom stereocenters. The molecule has 1 aromatic heterocycles. The fourth-order valence-corrected chi connectivity index (χ4v) is 3.52. The van der Waals surface area contributed by atoms with Crippen molar-refractivity contribution in [3.05, 3.63) is 83.2 Å². The number of hydrogen-bond donors (Lipinski definition) is 0. The van der Waals surface area contributed by atoms with E-state index in [1.54, 1.807) is 0 Å². The number of aliphatic imine (C=N–C) groups is 1. The lowest BCUT2D eigenvalue weighted by Gasteiger charge is -2.18. The summed E-state index contributed by atoms with van der Waals surface area (Å²) in [6, 6.07) is 18.6. The number of hydrogen-bond acceptors (Lipinski definition) is 4. The van der Waals surface area contributed by atoms with Gasteiger partial charge in [0.15, 0.2) is 6.73 Å². The third kappa shape index (κ3) is 5.90. The number of aromatic nitrogens is 2. The molecule has 0 saturated carbocycles. The number of benzodiazepines with no additional fused rings is 1. The molecule has 164 valence electrons. The number of aryl methyl sites for hydroxylation is 2. The minimum absolute atomic E-state index is 0. The molecular weight excluding hydrogens is 431 g/mol. The highest BCUT2D eigenvalue weighted by atomic mass is 35.5. The quantitative estimate of drug-likeness (QED) is 0.518. The topological polar surface area (TPSA) is 42.6 Å². The Hall–Kier alpha value is -2.76. The fraction of sp³-hybridized carbons (Fsp3) is 0.250. The lowest BCUT2D eigenvalue weighted by Crippen LogP contribution is -2.20. The van der Waals surface area contributed by atoms with Crippen LogP contribution in [0, 0.1) is 13.8 Å². The van der Waals surface area contributed by atoms with Crippen LogP contribution in [0.2, 0.25) is 0 Å². The van der Waals surface area contributed by atoms with Crippen LogP contribution >= 0.6 is 24.8 Å². The summed E-state index contributed by atoms with van der Waals surface area (Å²) in [6.45, 7) is 6.13. The Kier molecular flexibility index (Phi) is 8.72. The number of nitrogens with zero attached hydrogens (tertiary/aromatic N) is 4. The van der Waals surface area contributed by atoms with Crippen molar-refractivity contribution in [3.63, 3.8) is 0 Å². The van der Waals surface area contributed by atoms with Gasteiger partial charge in [0.1, 0.15) is 5.75 Å². The third-order valence-corrected chi connectivity index (χ3v) is 5.06. The van der Waals surface area contributed by atoms with E-state index in [0.717, 1.165) is 41.5 Å². The van der Waals surface area contributed by atoms with Gasteiger partial charge in [-0.2, -0.15) is 5.10 Å². The Morgan fingerprint density at radius 2 is 1.81 bits per heavy atom. The summed E-state index contributed by atoms with van der Waals surface area (Å²) in [5.41, 5.74) is 6.56. The van der Waals surface area contributed by atoms with Crippen molar-refractivity contribution in [1.82, 2.24) is 9.78 Å². The first-order valence-corrected chi connectivity index (χ1v) is 9.87. The zero-order valence-electron chi connectivity index (χ0n) is 18.0. The maximum Gasteiger partial charge on any atom is 0.181 e. The van der Waals surface area contributed by atoms with Crippen LogP contribution in [0.25, 0.3) is 6.08 Å². The monoisotopic (exact) mass is 458 g/mol. The molecular formula is C24H28Cl2N4O. The smallest absolute Gasteiger partial charge is 0.181 e. The summed E-state index contributed by atoms with van der Waals surface area (Å²) in [5.74, 6) is 0.822. The predicted octanol–water partition coefficient (Wildman–Crippen LogP) is 5.33. The molecule has 0 N–H and O–H groups in total. The Bertz CT molecular complexity index is 1070. The lowest BCUT2D eigenvalue weighted by atomic mass is 10.1. The summed E-state index contributed by atoms with van der Waals surface area (Å²) in [4.78, 5) is 7.04. The van der Waals surface area contributed by atoms with Crippen LogP contribution in [0.4, 0.5) is 5.69 Å². The number of halogens is 2. The molecule has 1 aliphatic heterocycles. The second kappa shape index (κ2) is 11.0. The zero-order valence-corrected chi connectivity index (χ0v) is 19.6. The summed E-state index contributed by atoms with van der Waals surface area (Å²) in [5, 5.41) is 4.44. The van der Waals surface area contributed by atoms with E-state index >= 15 is 0 Å². The van der Waals surface area contributed by atoms with Gasteiger partial charge in [-0.1, -0.05) is 36.4 Å². The molecule has 1 aliphatic rings. The van der Waals surface area contributed by atoms with Gasteiger partial charge in [0, 0.05) is 30.5 Å². The van der Waals surface area contributed by atoms with Crippen LogP contribution < -0.4 is 9.64 Å². The molecule has 0 fully saturated rings. The van der Waals surface area contributed by atoms with Crippen molar-refractivity contribution >= 4 is 42.3 Å². The van der Waals surface area contributed by atoms with Crippen molar-refractivity contribution in [2.45, 2.75) is 20.6 Å². The van der Waals surface area contributed by atoms with Gasteiger partial charge in [0.05, 0.1) is 18.0 Å². The summed E-state index contributed by atoms with van der Waals surface area (Å²) in [6.07, 6.45) is 4.19. The van der Waals surface area contributed by atoms with Crippen LogP contribution in [0.5, 0.6) is 5.75 Å². The first kappa shape index (κ1) is 24.5. The third-order valence-electron chi connectivity index (χ3n) is 5.06. The molecule has 31 heavy (non-hydrogen) atoms.